The van der Waals surface area contributed by atoms with Crippen molar-refractivity contribution in [3.63, 3.8) is 0 Å². The van der Waals surface area contributed by atoms with Gasteiger partial charge in [-0.25, -0.2) is 0 Å². The molecule has 1 rings (SSSR count). The van der Waals surface area contributed by atoms with Gasteiger partial charge in [0.25, 0.3) is 0 Å². The summed E-state index contributed by atoms with van der Waals surface area (Å²) in [4.78, 5) is 4.95. The quantitative estimate of drug-likeness (QED) is 0.0346. The topological polar surface area (TPSA) is 124 Å². The molecule has 0 aromatic carbocycles. The van der Waals surface area contributed by atoms with Crippen LogP contribution in [0.5, 0.6) is 0 Å². The third-order valence-corrected chi connectivity index (χ3v) is 23.8. The first-order valence-corrected chi connectivity index (χ1v) is 47.7. The number of hydrogen-bond donors (Lipinski definition) is 4. The molecule has 8 atom stereocenters. The van der Waals surface area contributed by atoms with E-state index in [1.165, 1.54) is 327 Å². The van der Waals surface area contributed by atoms with Crippen LogP contribution < -0.4 is 0 Å². The molecular formula is C94H190N2O8. The van der Waals surface area contributed by atoms with E-state index in [0.717, 1.165) is 155 Å². The number of nitrogens with zero attached hydrogens (tertiary/aromatic N) is 2. The minimum atomic E-state index is -0.310. The summed E-state index contributed by atoms with van der Waals surface area (Å²) in [5.74, 6) is 2.19. The summed E-state index contributed by atoms with van der Waals surface area (Å²) >= 11 is 0. The highest BCUT2D eigenvalue weighted by atomic mass is 16.7. The Morgan fingerprint density at radius 1 is 0.308 bits per heavy atom. The molecule has 0 radical (unpaired) electrons. The molecule has 1 saturated heterocycles. The van der Waals surface area contributed by atoms with Gasteiger partial charge in [0.15, 0.2) is 12.6 Å². The van der Waals surface area contributed by atoms with Crippen molar-refractivity contribution >= 4 is 0 Å². The molecule has 1 fully saturated rings. The molecule has 0 aliphatic carbocycles. The number of unbranched alkanes of at least 4 members (excludes halogenated alkanes) is 36. The van der Waals surface area contributed by atoms with Crippen molar-refractivity contribution < 1.29 is 39.4 Å². The molecule has 624 valence electrons. The monoisotopic (exact) mass is 1480 g/mol. The van der Waals surface area contributed by atoms with Gasteiger partial charge in [0.1, 0.15) is 0 Å². The van der Waals surface area contributed by atoms with Crippen LogP contribution in [0.4, 0.5) is 0 Å². The van der Waals surface area contributed by atoms with Crippen molar-refractivity contribution in [1.29, 1.82) is 0 Å². The van der Waals surface area contributed by atoms with Gasteiger partial charge < -0.3 is 49.2 Å². The van der Waals surface area contributed by atoms with E-state index in [9.17, 15) is 20.4 Å². The molecule has 1 heterocycles. The molecule has 0 bridgehead atoms. The van der Waals surface area contributed by atoms with Gasteiger partial charge in [0.2, 0.25) is 0 Å². The summed E-state index contributed by atoms with van der Waals surface area (Å²) < 4.78 is 27.6. The lowest BCUT2D eigenvalue weighted by Crippen LogP contribution is -2.38. The van der Waals surface area contributed by atoms with Gasteiger partial charge in [-0.05, 0) is 153 Å². The average molecular weight is 1480 g/mol. The molecule has 4 N–H and O–H groups in total. The summed E-state index contributed by atoms with van der Waals surface area (Å²) in [5.41, 5.74) is 0. The summed E-state index contributed by atoms with van der Waals surface area (Å²) in [6.07, 6.45) is 82.9. The first-order chi connectivity index (χ1) is 51.1. The van der Waals surface area contributed by atoms with E-state index < -0.39 is 0 Å². The van der Waals surface area contributed by atoms with Crippen molar-refractivity contribution in [3.8, 4) is 0 Å². The van der Waals surface area contributed by atoms with Crippen LogP contribution in [0.3, 0.4) is 0 Å². The van der Waals surface area contributed by atoms with Gasteiger partial charge in [0, 0.05) is 39.5 Å². The van der Waals surface area contributed by atoms with Crippen molar-refractivity contribution in [3.05, 3.63) is 0 Å². The van der Waals surface area contributed by atoms with Crippen molar-refractivity contribution in [1.82, 2.24) is 9.80 Å². The third kappa shape index (κ3) is 64.2. The van der Waals surface area contributed by atoms with E-state index in [1.54, 1.807) is 0 Å². The Morgan fingerprint density at radius 2 is 0.644 bits per heavy atom. The smallest absolute Gasteiger partial charge is 0.158 e. The Balaban J connectivity index is 2.99. The summed E-state index contributed by atoms with van der Waals surface area (Å²) in [6, 6.07) is 0. The maximum atomic E-state index is 11.7. The minimum absolute atomic E-state index is 0.0469. The molecule has 0 amide bonds. The van der Waals surface area contributed by atoms with Crippen LogP contribution in [0, 0.1) is 17.8 Å². The molecule has 0 spiro atoms. The fourth-order valence-corrected chi connectivity index (χ4v) is 17.1. The fourth-order valence-electron chi connectivity index (χ4n) is 17.1. The first kappa shape index (κ1) is 102. The van der Waals surface area contributed by atoms with E-state index in [4.69, 9.17) is 18.9 Å². The molecule has 1 aliphatic heterocycles. The van der Waals surface area contributed by atoms with Gasteiger partial charge in [-0.2, -0.15) is 0 Å². The molecular weight excluding hydrogens is 1290 g/mol. The van der Waals surface area contributed by atoms with E-state index in [2.05, 4.69) is 65.2 Å². The Hall–Kier alpha value is -0.400. The minimum Gasteiger partial charge on any atom is -0.396 e. The molecule has 0 saturated carbocycles. The van der Waals surface area contributed by atoms with Crippen molar-refractivity contribution in [2.45, 2.75) is 529 Å². The van der Waals surface area contributed by atoms with Gasteiger partial charge in [0.05, 0.1) is 30.5 Å². The zero-order chi connectivity index (χ0) is 75.5. The fraction of sp³-hybridized carbons (Fsp3) is 1.00. The Labute approximate surface area is 651 Å². The van der Waals surface area contributed by atoms with E-state index in [0.29, 0.717) is 24.0 Å². The molecule has 10 nitrogen and oxygen atoms in total. The lowest BCUT2D eigenvalue weighted by Gasteiger charge is -2.36. The van der Waals surface area contributed by atoms with Crippen LogP contribution in [-0.4, -0.2) is 132 Å². The summed E-state index contributed by atoms with van der Waals surface area (Å²) in [6.45, 7) is 25.1. The van der Waals surface area contributed by atoms with E-state index in [-0.39, 0.29) is 44.1 Å². The van der Waals surface area contributed by atoms with Crippen molar-refractivity contribution in [2.75, 3.05) is 59.1 Å². The number of ether oxygens (including phenoxy) is 4. The van der Waals surface area contributed by atoms with E-state index in [1.807, 2.05) is 0 Å². The van der Waals surface area contributed by atoms with Crippen molar-refractivity contribution in [2.24, 2.45) is 17.8 Å². The lowest BCUT2D eigenvalue weighted by atomic mass is 9.84. The van der Waals surface area contributed by atoms with Gasteiger partial charge in [-0.1, -0.05) is 370 Å². The van der Waals surface area contributed by atoms with Gasteiger partial charge >= 0.3 is 0 Å². The Bertz CT molecular complexity index is 1610. The number of hydrogen-bond acceptors (Lipinski definition) is 10. The second kappa shape index (κ2) is 79.3. The second-order valence-electron chi connectivity index (χ2n) is 34.0. The molecule has 6 unspecified atom stereocenters. The third-order valence-electron chi connectivity index (χ3n) is 23.8. The first-order valence-electron chi connectivity index (χ1n) is 47.7. The largest absolute Gasteiger partial charge is 0.396 e. The number of aliphatic hydroxyl groups excluding tert-OH is 4. The lowest BCUT2D eigenvalue weighted by molar-refractivity contribution is -0.247. The summed E-state index contributed by atoms with van der Waals surface area (Å²) in [5, 5.41) is 42.6. The SMILES string of the molecule is CCCCCCCCOC(CCCCCCN(CCCO)C[C@@H](O)CCCCCCCC(CCCCC)CCCCC)OC(CCCCCCC)C(CCC)CCCC(CCCCCCC)CCC[C@H](O)CN(CCCCO)CCCCCCC1OC(CCCCCCC)CC(CCCCCCC)O1. The number of rotatable bonds is 86. The standard InChI is InChI=1S/C94H190N2O8/c1-9-17-24-29-41-56-81-101-93(73-50-37-39-53-76-96(78-59-80-98)83-88(99)68-46-36-30-35-45-63-85(61-42-22-14-6)62-43-23-15-7)104-92(72-49-34-28-21-13-5)87(60-16-8)67-57-65-86(64-44-31-25-18-10-2)66-58-69-89(100)84-95(77-54-55-79-97)75-52-40-38-51-74-94-102-90(70-47-32-26-19-11-3)82-91(103-94)71-48-33-27-20-12-4/h85-94,97-100H,9-84H2,1-8H3/t86?,87?,88-,89-,90?,91?,92?,93?,94?/m0/s1. The maximum absolute atomic E-state index is 11.7. The highest BCUT2D eigenvalue weighted by Crippen LogP contribution is 2.33. The zero-order valence-corrected chi connectivity index (χ0v) is 71.8. The van der Waals surface area contributed by atoms with Gasteiger partial charge in [-0.3, -0.25) is 0 Å². The van der Waals surface area contributed by atoms with Gasteiger partial charge in [-0.15, -0.1) is 0 Å². The van der Waals surface area contributed by atoms with Crippen LogP contribution in [0.25, 0.3) is 0 Å². The summed E-state index contributed by atoms with van der Waals surface area (Å²) in [7, 11) is 0. The van der Waals surface area contributed by atoms with Crippen LogP contribution in [0.2, 0.25) is 0 Å². The average Bonchev–Trinajstić information content (AvgIpc) is 0.890. The zero-order valence-electron chi connectivity index (χ0n) is 71.8. The van der Waals surface area contributed by atoms with Crippen LogP contribution >= 0.6 is 0 Å². The maximum Gasteiger partial charge on any atom is 0.158 e. The predicted molar refractivity (Wildman–Crippen MR) is 452 cm³/mol. The van der Waals surface area contributed by atoms with Crippen LogP contribution in [0.15, 0.2) is 0 Å². The number of aliphatic hydroxyl groups is 4. The normalized spacial score (nSPS) is 16.9. The highest BCUT2D eigenvalue weighted by molar-refractivity contribution is 4.77. The predicted octanol–water partition coefficient (Wildman–Crippen LogP) is 27.3. The molecule has 0 aromatic heterocycles. The Morgan fingerprint density at radius 3 is 1.11 bits per heavy atom. The van der Waals surface area contributed by atoms with Crippen LogP contribution in [0.1, 0.15) is 486 Å². The second-order valence-corrected chi connectivity index (χ2v) is 34.0. The molecule has 0 aromatic rings. The molecule has 10 heteroatoms. The van der Waals surface area contributed by atoms with E-state index >= 15 is 0 Å². The van der Waals surface area contributed by atoms with Crippen LogP contribution in [-0.2, 0) is 18.9 Å². The highest BCUT2D eigenvalue weighted by Gasteiger charge is 2.30. The Kier molecular flexibility index (Phi) is 77.4. The molecule has 1 aliphatic rings. The molecule has 104 heavy (non-hydrogen) atoms.